The van der Waals surface area contributed by atoms with Crippen molar-refractivity contribution >= 4 is 17.6 Å². The van der Waals surface area contributed by atoms with Crippen molar-refractivity contribution in [2.45, 2.75) is 52.1 Å². The van der Waals surface area contributed by atoms with E-state index < -0.39 is 11.4 Å². The lowest BCUT2D eigenvalue weighted by molar-refractivity contribution is -0.114. The van der Waals surface area contributed by atoms with E-state index in [1.165, 1.54) is 18.2 Å². The Bertz CT molecular complexity index is 587. The number of hydrogen-bond acceptors (Lipinski definition) is 3. The van der Waals surface area contributed by atoms with Gasteiger partial charge < -0.3 is 21.1 Å². The molecule has 1 rings (SSSR count). The molecule has 0 aromatic heterocycles. The molecule has 0 saturated carbocycles. The summed E-state index contributed by atoms with van der Waals surface area (Å²) in [4.78, 5) is 16.2. The van der Waals surface area contributed by atoms with Crippen LogP contribution in [-0.4, -0.2) is 42.2 Å². The molecule has 0 aliphatic carbocycles. The van der Waals surface area contributed by atoms with Crippen molar-refractivity contribution in [2.24, 2.45) is 4.99 Å². The predicted octanol–water partition coefficient (Wildman–Crippen LogP) is 2.65. The monoisotopic (exact) mass is 366 g/mol. The van der Waals surface area contributed by atoms with Crippen molar-refractivity contribution in [3.05, 3.63) is 30.1 Å². The van der Waals surface area contributed by atoms with Crippen molar-refractivity contribution in [3.8, 4) is 0 Å². The number of aliphatic hydroxyl groups is 1. The number of carbonyl (C=O) groups excluding carboxylic acids is 1. The van der Waals surface area contributed by atoms with E-state index in [2.05, 4.69) is 20.9 Å². The Labute approximate surface area is 155 Å². The topological polar surface area (TPSA) is 85.8 Å². The van der Waals surface area contributed by atoms with Crippen LogP contribution in [0.1, 0.15) is 46.5 Å². The number of hydrogen-bond donors (Lipinski definition) is 4. The summed E-state index contributed by atoms with van der Waals surface area (Å²) < 4.78 is 13.1. The average molecular weight is 366 g/mol. The molecule has 0 aliphatic heterocycles. The molecule has 0 saturated heterocycles. The molecular formula is C19H31FN4O2. The summed E-state index contributed by atoms with van der Waals surface area (Å²) in [6.45, 7) is 6.90. The largest absolute Gasteiger partial charge is 0.388 e. The Balaban J connectivity index is 2.62. The van der Waals surface area contributed by atoms with Gasteiger partial charge >= 0.3 is 0 Å². The maximum atomic E-state index is 13.1. The number of benzene rings is 1. The van der Waals surface area contributed by atoms with Gasteiger partial charge in [-0.05, 0) is 38.0 Å². The number of guanidine groups is 1. The third-order valence-corrected chi connectivity index (χ3v) is 3.85. The van der Waals surface area contributed by atoms with Crippen LogP contribution in [0.2, 0.25) is 0 Å². The summed E-state index contributed by atoms with van der Waals surface area (Å²) in [5, 5.41) is 19.4. The first kappa shape index (κ1) is 21.9. The molecule has 0 atom stereocenters. The first-order valence-corrected chi connectivity index (χ1v) is 9.22. The van der Waals surface area contributed by atoms with Gasteiger partial charge in [0.05, 0.1) is 5.60 Å². The van der Waals surface area contributed by atoms with Crippen LogP contribution in [-0.2, 0) is 4.79 Å². The number of nitrogens with zero attached hydrogens (tertiary/aromatic N) is 1. The molecule has 0 bridgehead atoms. The highest BCUT2D eigenvalue weighted by Gasteiger charge is 2.24. The highest BCUT2D eigenvalue weighted by Crippen LogP contribution is 2.18. The van der Waals surface area contributed by atoms with Gasteiger partial charge in [-0.15, -0.1) is 0 Å². The van der Waals surface area contributed by atoms with Crippen LogP contribution in [0.4, 0.5) is 10.1 Å². The van der Waals surface area contributed by atoms with Crippen LogP contribution >= 0.6 is 0 Å². The van der Waals surface area contributed by atoms with Crippen LogP contribution in [0.25, 0.3) is 0 Å². The lowest BCUT2D eigenvalue weighted by atomic mass is 9.93. The predicted molar refractivity (Wildman–Crippen MR) is 104 cm³/mol. The van der Waals surface area contributed by atoms with Crippen LogP contribution in [0, 0.1) is 5.82 Å². The zero-order chi connectivity index (χ0) is 19.4. The van der Waals surface area contributed by atoms with Crippen LogP contribution < -0.4 is 16.0 Å². The third kappa shape index (κ3) is 8.29. The molecule has 0 heterocycles. The number of aliphatic imine (C=N–C) groups is 1. The maximum Gasteiger partial charge on any atom is 0.246 e. The summed E-state index contributed by atoms with van der Waals surface area (Å²) in [7, 11) is 0. The Morgan fingerprint density at radius 1 is 1.19 bits per heavy atom. The smallest absolute Gasteiger partial charge is 0.246 e. The molecule has 0 unspecified atom stereocenters. The molecule has 1 aromatic carbocycles. The van der Waals surface area contributed by atoms with E-state index >= 15 is 0 Å². The van der Waals surface area contributed by atoms with Crippen LogP contribution in [0.3, 0.4) is 0 Å². The molecule has 146 valence electrons. The molecule has 4 N–H and O–H groups in total. The number of rotatable bonds is 10. The van der Waals surface area contributed by atoms with Gasteiger partial charge in [-0.2, -0.15) is 0 Å². The van der Waals surface area contributed by atoms with E-state index in [1.54, 1.807) is 6.07 Å². The molecular weight excluding hydrogens is 335 g/mol. The zero-order valence-corrected chi connectivity index (χ0v) is 15.9. The Morgan fingerprint density at radius 2 is 1.88 bits per heavy atom. The highest BCUT2D eigenvalue weighted by molar-refractivity contribution is 5.94. The molecule has 6 nitrogen and oxygen atoms in total. The second kappa shape index (κ2) is 11.5. The van der Waals surface area contributed by atoms with Gasteiger partial charge in [-0.3, -0.25) is 4.79 Å². The standard InChI is InChI=1S/C19H31FN4O2/c1-4-10-19(26,11-5-2)14-23-18(21-6-3)22-13-17(25)24-16-9-7-8-15(20)12-16/h7-9,12,26H,4-6,10-11,13-14H2,1-3H3,(H,24,25)(H2,21,22,23). The van der Waals surface area contributed by atoms with Crippen molar-refractivity contribution in [1.29, 1.82) is 0 Å². The number of halogens is 1. The first-order chi connectivity index (χ1) is 12.4. The Hall–Kier alpha value is -2.15. The summed E-state index contributed by atoms with van der Waals surface area (Å²) >= 11 is 0. The minimum absolute atomic E-state index is 0.105. The molecule has 0 spiro atoms. The second-order valence-electron chi connectivity index (χ2n) is 6.33. The summed E-state index contributed by atoms with van der Waals surface area (Å²) in [6.07, 6.45) is 3.18. The van der Waals surface area contributed by atoms with Gasteiger partial charge in [0.1, 0.15) is 12.4 Å². The maximum absolute atomic E-state index is 13.1. The Kier molecular flexibility index (Phi) is 9.65. The van der Waals surface area contributed by atoms with Gasteiger partial charge in [0.25, 0.3) is 0 Å². The average Bonchev–Trinajstić information content (AvgIpc) is 2.58. The zero-order valence-electron chi connectivity index (χ0n) is 15.9. The van der Waals surface area contributed by atoms with Gasteiger partial charge in [-0.25, -0.2) is 9.38 Å². The fourth-order valence-corrected chi connectivity index (χ4v) is 2.74. The van der Waals surface area contributed by atoms with E-state index in [0.717, 1.165) is 12.8 Å². The van der Waals surface area contributed by atoms with E-state index in [9.17, 15) is 14.3 Å². The van der Waals surface area contributed by atoms with Crippen molar-refractivity contribution < 1.29 is 14.3 Å². The highest BCUT2D eigenvalue weighted by atomic mass is 19.1. The minimum atomic E-state index is -0.788. The lowest BCUT2D eigenvalue weighted by Crippen LogP contribution is -2.47. The second-order valence-corrected chi connectivity index (χ2v) is 6.33. The van der Waals surface area contributed by atoms with Crippen LogP contribution in [0.5, 0.6) is 0 Å². The number of anilines is 1. The molecule has 1 aromatic rings. The van der Waals surface area contributed by atoms with Gasteiger partial charge in [0.15, 0.2) is 5.96 Å². The fraction of sp³-hybridized carbons (Fsp3) is 0.579. The van der Waals surface area contributed by atoms with Gasteiger partial charge in [0, 0.05) is 18.8 Å². The number of carbonyl (C=O) groups is 1. The van der Waals surface area contributed by atoms with Crippen molar-refractivity contribution in [3.63, 3.8) is 0 Å². The van der Waals surface area contributed by atoms with E-state index in [1.807, 2.05) is 20.8 Å². The third-order valence-electron chi connectivity index (χ3n) is 3.85. The SMILES string of the molecule is CCCC(O)(CCC)CNC(=NCC(=O)Nc1cccc(F)c1)NCC. The van der Waals surface area contributed by atoms with E-state index in [4.69, 9.17) is 0 Å². The number of amides is 1. The van der Waals surface area contributed by atoms with Crippen LogP contribution in [0.15, 0.2) is 29.3 Å². The number of nitrogens with one attached hydrogen (secondary N) is 3. The van der Waals surface area contributed by atoms with E-state index in [-0.39, 0.29) is 12.5 Å². The first-order valence-electron chi connectivity index (χ1n) is 9.22. The molecule has 1 amide bonds. The fourth-order valence-electron chi connectivity index (χ4n) is 2.74. The summed E-state index contributed by atoms with van der Waals surface area (Å²) in [5.41, 5.74) is -0.396. The lowest BCUT2D eigenvalue weighted by Gasteiger charge is -2.28. The minimum Gasteiger partial charge on any atom is -0.388 e. The van der Waals surface area contributed by atoms with Crippen molar-refractivity contribution in [2.75, 3.05) is 25.0 Å². The summed E-state index contributed by atoms with van der Waals surface area (Å²) in [6, 6.07) is 5.71. The molecule has 26 heavy (non-hydrogen) atoms. The molecule has 0 radical (unpaired) electrons. The Morgan fingerprint density at radius 3 is 2.46 bits per heavy atom. The molecule has 0 aliphatic rings. The van der Waals surface area contributed by atoms with E-state index in [0.29, 0.717) is 37.6 Å². The molecule has 0 fully saturated rings. The molecule has 7 heteroatoms. The summed E-state index contributed by atoms with van der Waals surface area (Å²) in [5.74, 6) is -0.287. The van der Waals surface area contributed by atoms with Gasteiger partial charge in [-0.1, -0.05) is 32.8 Å². The quantitative estimate of drug-likeness (QED) is 0.379. The van der Waals surface area contributed by atoms with Gasteiger partial charge in [0.2, 0.25) is 5.91 Å². The normalized spacial score (nSPS) is 12.0. The van der Waals surface area contributed by atoms with Crippen molar-refractivity contribution in [1.82, 2.24) is 10.6 Å².